The third-order valence-electron chi connectivity index (χ3n) is 1.54. The van der Waals surface area contributed by atoms with Crippen LogP contribution in [0.15, 0.2) is 12.2 Å². The van der Waals surface area contributed by atoms with Crippen LogP contribution in [0.1, 0.15) is 6.92 Å². The van der Waals surface area contributed by atoms with Gasteiger partial charge in [0.05, 0.1) is 13.7 Å². The Morgan fingerprint density at radius 3 is 2.24 bits per heavy atom. The van der Waals surface area contributed by atoms with Crippen molar-refractivity contribution in [3.63, 3.8) is 0 Å². The number of nitrogens with zero attached hydrogens (tertiary/aromatic N) is 1. The van der Waals surface area contributed by atoms with Gasteiger partial charge in [0.15, 0.2) is 6.73 Å². The molecule has 0 heterocycles. The van der Waals surface area contributed by atoms with E-state index in [1.165, 1.54) is 14.2 Å². The van der Waals surface area contributed by atoms with Crippen LogP contribution in [0.25, 0.3) is 0 Å². The molecule has 0 saturated heterocycles. The molecular weight excluding hydrogens is 230 g/mol. The molecule has 0 rings (SSSR count). The summed E-state index contributed by atoms with van der Waals surface area (Å²) in [4.78, 5) is 33.9. The third-order valence-corrected chi connectivity index (χ3v) is 1.54. The zero-order valence-corrected chi connectivity index (χ0v) is 9.97. The SMILES string of the molecule is CCOC(=O)N(C)COC(=O)/C=C/C(=O)OC. The predicted octanol–water partition coefficient (Wildman–Crippen LogP) is 0.305. The molecule has 0 aliphatic carbocycles. The summed E-state index contributed by atoms with van der Waals surface area (Å²) in [6.45, 7) is 1.64. The van der Waals surface area contributed by atoms with E-state index in [1.807, 2.05) is 0 Å². The van der Waals surface area contributed by atoms with Gasteiger partial charge >= 0.3 is 18.0 Å². The maximum absolute atomic E-state index is 11.1. The Hall–Kier alpha value is -2.05. The Morgan fingerprint density at radius 2 is 1.71 bits per heavy atom. The molecule has 1 amide bonds. The normalized spacial score (nSPS) is 9.82. The second-order valence-corrected chi connectivity index (χ2v) is 2.85. The predicted molar refractivity (Wildman–Crippen MR) is 56.9 cm³/mol. The van der Waals surface area contributed by atoms with Crippen LogP contribution in [0.2, 0.25) is 0 Å². The van der Waals surface area contributed by atoms with Gasteiger partial charge in [0.2, 0.25) is 0 Å². The standard InChI is InChI=1S/C10H15NO6/c1-4-16-10(14)11(2)7-17-9(13)6-5-8(12)15-3/h5-6H,4,7H2,1-3H3/b6-5+. The number of methoxy groups -OCH3 is 1. The lowest BCUT2D eigenvalue weighted by molar-refractivity contribution is -0.142. The van der Waals surface area contributed by atoms with E-state index in [4.69, 9.17) is 0 Å². The molecular formula is C10H15NO6. The van der Waals surface area contributed by atoms with Gasteiger partial charge in [-0.2, -0.15) is 0 Å². The topological polar surface area (TPSA) is 82.1 Å². The van der Waals surface area contributed by atoms with Crippen molar-refractivity contribution >= 4 is 18.0 Å². The molecule has 0 aromatic carbocycles. The number of rotatable bonds is 5. The summed E-state index contributed by atoms with van der Waals surface area (Å²) in [6, 6.07) is 0. The summed E-state index contributed by atoms with van der Waals surface area (Å²) in [6.07, 6.45) is 1.23. The van der Waals surface area contributed by atoms with Crippen molar-refractivity contribution in [1.82, 2.24) is 4.90 Å². The Morgan fingerprint density at radius 1 is 1.12 bits per heavy atom. The Labute approximate surface area is 98.9 Å². The van der Waals surface area contributed by atoms with Crippen LogP contribution in [-0.2, 0) is 23.8 Å². The molecule has 0 bridgehead atoms. The molecule has 0 aromatic heterocycles. The zero-order valence-electron chi connectivity index (χ0n) is 9.97. The summed E-state index contributed by atoms with van der Waals surface area (Å²) < 4.78 is 13.6. The van der Waals surface area contributed by atoms with E-state index in [1.54, 1.807) is 6.92 Å². The molecule has 0 aromatic rings. The average molecular weight is 245 g/mol. The fourth-order valence-corrected chi connectivity index (χ4v) is 0.699. The van der Waals surface area contributed by atoms with Crippen LogP contribution in [0.3, 0.4) is 0 Å². The lowest BCUT2D eigenvalue weighted by Gasteiger charge is -2.15. The van der Waals surface area contributed by atoms with Crippen molar-refractivity contribution in [3.05, 3.63) is 12.2 Å². The summed E-state index contributed by atoms with van der Waals surface area (Å²) >= 11 is 0. The van der Waals surface area contributed by atoms with Crippen LogP contribution in [0.5, 0.6) is 0 Å². The molecule has 0 aliphatic heterocycles. The van der Waals surface area contributed by atoms with Crippen LogP contribution < -0.4 is 0 Å². The van der Waals surface area contributed by atoms with Crippen molar-refractivity contribution < 1.29 is 28.6 Å². The Balaban J connectivity index is 3.95. The van der Waals surface area contributed by atoms with Crippen LogP contribution in [0, 0.1) is 0 Å². The van der Waals surface area contributed by atoms with E-state index in [0.29, 0.717) is 0 Å². The molecule has 0 unspecified atom stereocenters. The highest BCUT2D eigenvalue weighted by molar-refractivity contribution is 5.91. The molecule has 0 atom stereocenters. The minimum atomic E-state index is -0.758. The number of esters is 2. The lowest BCUT2D eigenvalue weighted by Crippen LogP contribution is -2.30. The lowest BCUT2D eigenvalue weighted by atomic mass is 10.5. The molecule has 17 heavy (non-hydrogen) atoms. The van der Waals surface area contributed by atoms with Gasteiger partial charge in [0.25, 0.3) is 0 Å². The van der Waals surface area contributed by atoms with Crippen molar-refractivity contribution in [2.45, 2.75) is 6.92 Å². The number of amides is 1. The first-order valence-electron chi connectivity index (χ1n) is 4.82. The molecule has 0 radical (unpaired) electrons. The summed E-state index contributed by atoms with van der Waals surface area (Å²) in [5.41, 5.74) is 0. The quantitative estimate of drug-likeness (QED) is 0.300. The number of ether oxygens (including phenoxy) is 3. The van der Waals surface area contributed by atoms with Gasteiger partial charge in [-0.1, -0.05) is 0 Å². The van der Waals surface area contributed by atoms with Crippen LogP contribution in [0.4, 0.5) is 4.79 Å². The molecule has 0 aliphatic rings. The number of carbonyl (C=O) groups is 3. The fraction of sp³-hybridized carbons (Fsp3) is 0.500. The van der Waals surface area contributed by atoms with E-state index >= 15 is 0 Å². The van der Waals surface area contributed by atoms with Gasteiger partial charge in [0.1, 0.15) is 0 Å². The first kappa shape index (κ1) is 14.9. The summed E-state index contributed by atoms with van der Waals surface area (Å²) in [7, 11) is 2.60. The van der Waals surface area contributed by atoms with Crippen molar-refractivity contribution in [2.75, 3.05) is 27.5 Å². The number of hydrogen-bond donors (Lipinski definition) is 0. The highest BCUT2D eigenvalue weighted by Gasteiger charge is 2.10. The van der Waals surface area contributed by atoms with Gasteiger partial charge < -0.3 is 14.2 Å². The van der Waals surface area contributed by atoms with E-state index in [-0.39, 0.29) is 13.3 Å². The number of hydrogen-bond acceptors (Lipinski definition) is 6. The highest BCUT2D eigenvalue weighted by atomic mass is 16.6. The van der Waals surface area contributed by atoms with E-state index < -0.39 is 18.0 Å². The molecule has 0 saturated carbocycles. The van der Waals surface area contributed by atoms with Gasteiger partial charge in [-0.05, 0) is 6.92 Å². The van der Waals surface area contributed by atoms with E-state index in [2.05, 4.69) is 14.2 Å². The number of carbonyl (C=O) groups excluding carboxylic acids is 3. The van der Waals surface area contributed by atoms with Gasteiger partial charge in [-0.15, -0.1) is 0 Å². The van der Waals surface area contributed by atoms with Crippen molar-refractivity contribution in [3.8, 4) is 0 Å². The summed E-state index contributed by atoms with van der Waals surface area (Å²) in [5.74, 6) is -1.42. The monoisotopic (exact) mass is 245 g/mol. The van der Waals surface area contributed by atoms with Gasteiger partial charge in [-0.3, -0.25) is 4.90 Å². The Bertz CT molecular complexity index is 312. The molecule has 0 fully saturated rings. The van der Waals surface area contributed by atoms with E-state index in [9.17, 15) is 14.4 Å². The highest BCUT2D eigenvalue weighted by Crippen LogP contribution is 1.92. The first-order valence-corrected chi connectivity index (χ1v) is 4.82. The zero-order chi connectivity index (χ0) is 13.3. The smallest absolute Gasteiger partial charge is 0.412 e. The third kappa shape index (κ3) is 6.93. The van der Waals surface area contributed by atoms with Crippen molar-refractivity contribution in [1.29, 1.82) is 0 Å². The molecule has 0 spiro atoms. The second kappa shape index (κ2) is 8.14. The molecule has 7 nitrogen and oxygen atoms in total. The molecule has 96 valence electrons. The fourth-order valence-electron chi connectivity index (χ4n) is 0.699. The Kier molecular flexibility index (Phi) is 7.16. The maximum atomic E-state index is 11.1. The first-order chi connectivity index (χ1) is 8.01. The molecule has 7 heteroatoms. The molecule has 0 N–H and O–H groups in total. The largest absolute Gasteiger partial charge is 0.466 e. The van der Waals surface area contributed by atoms with E-state index in [0.717, 1.165) is 17.1 Å². The van der Waals surface area contributed by atoms with Gasteiger partial charge in [-0.25, -0.2) is 14.4 Å². The van der Waals surface area contributed by atoms with Crippen LogP contribution in [-0.4, -0.2) is 50.4 Å². The van der Waals surface area contributed by atoms with Gasteiger partial charge in [0, 0.05) is 19.2 Å². The summed E-state index contributed by atoms with van der Waals surface area (Å²) in [5, 5.41) is 0. The maximum Gasteiger partial charge on any atom is 0.412 e. The minimum absolute atomic E-state index is 0.235. The average Bonchev–Trinajstić information content (AvgIpc) is 2.32. The van der Waals surface area contributed by atoms with Crippen molar-refractivity contribution in [2.24, 2.45) is 0 Å². The second-order valence-electron chi connectivity index (χ2n) is 2.85. The minimum Gasteiger partial charge on any atom is -0.466 e. The van der Waals surface area contributed by atoms with Crippen LogP contribution >= 0.6 is 0 Å².